The smallest absolute Gasteiger partial charge is 0.127 e. The van der Waals surface area contributed by atoms with Gasteiger partial charge in [-0.05, 0) is 19.8 Å². The van der Waals surface area contributed by atoms with E-state index in [1.165, 1.54) is 25.7 Å². The number of hydrogen-bond acceptors (Lipinski definition) is 2. The zero-order chi connectivity index (χ0) is 8.81. The maximum atomic E-state index is 4.79. The molecule has 2 nitrogen and oxygen atoms in total. The van der Waals surface area contributed by atoms with Gasteiger partial charge in [-0.15, -0.1) is 0 Å². The fourth-order valence-corrected chi connectivity index (χ4v) is 1.21. The lowest BCUT2D eigenvalue weighted by atomic mass is 10.1. The van der Waals surface area contributed by atoms with E-state index in [0.717, 1.165) is 17.7 Å². The second kappa shape index (κ2) is 4.96. The summed E-state index contributed by atoms with van der Waals surface area (Å²) in [6.45, 7) is 6.03. The van der Waals surface area contributed by atoms with E-state index in [1.54, 1.807) is 6.26 Å². The highest BCUT2D eigenvalue weighted by molar-refractivity contribution is 5.17. The first-order chi connectivity index (χ1) is 5.84. The van der Waals surface area contributed by atoms with Gasteiger partial charge in [-0.25, -0.2) is 0 Å². The fraction of sp³-hybridized carbons (Fsp3) is 0.600. The lowest BCUT2D eigenvalue weighted by molar-refractivity contribution is 0.410. The van der Waals surface area contributed by atoms with Gasteiger partial charge in [0, 0.05) is 5.56 Å². The molecule has 12 heavy (non-hydrogen) atoms. The van der Waals surface area contributed by atoms with Crippen molar-refractivity contribution in [3.63, 3.8) is 0 Å². The van der Waals surface area contributed by atoms with Gasteiger partial charge in [0.05, 0.1) is 5.69 Å². The first-order valence-electron chi connectivity index (χ1n) is 4.59. The van der Waals surface area contributed by atoms with Gasteiger partial charge in [-0.1, -0.05) is 31.3 Å². The monoisotopic (exact) mass is 166 g/mol. The zero-order valence-corrected chi connectivity index (χ0v) is 7.68. The minimum absolute atomic E-state index is 0.937. The summed E-state index contributed by atoms with van der Waals surface area (Å²) in [5.41, 5.74) is 1.96. The Morgan fingerprint density at radius 3 is 2.83 bits per heavy atom. The highest BCUT2D eigenvalue weighted by Gasteiger charge is 2.01. The molecule has 2 heteroatoms. The van der Waals surface area contributed by atoms with Gasteiger partial charge in [-0.2, -0.15) is 0 Å². The quantitative estimate of drug-likeness (QED) is 0.628. The molecule has 0 atom stereocenters. The Balaban J connectivity index is 2.20. The van der Waals surface area contributed by atoms with Crippen LogP contribution < -0.4 is 0 Å². The van der Waals surface area contributed by atoms with E-state index < -0.39 is 0 Å². The first kappa shape index (κ1) is 9.30. The normalized spacial score (nSPS) is 10.5. The van der Waals surface area contributed by atoms with E-state index in [1.807, 2.05) is 0 Å². The van der Waals surface area contributed by atoms with E-state index in [4.69, 9.17) is 4.52 Å². The van der Waals surface area contributed by atoms with Crippen molar-refractivity contribution >= 4 is 0 Å². The Labute approximate surface area is 74.0 Å². The van der Waals surface area contributed by atoms with Crippen molar-refractivity contribution in [1.29, 1.82) is 0 Å². The summed E-state index contributed by atoms with van der Waals surface area (Å²) >= 11 is 0. The molecule has 0 unspecified atom stereocenters. The molecule has 0 aliphatic carbocycles. The molecule has 0 saturated carbocycles. The van der Waals surface area contributed by atoms with E-state index in [0.29, 0.717) is 0 Å². The van der Waals surface area contributed by atoms with Crippen LogP contribution in [-0.4, -0.2) is 5.16 Å². The van der Waals surface area contributed by atoms with Gasteiger partial charge >= 0.3 is 0 Å². The van der Waals surface area contributed by atoms with Crippen LogP contribution in [-0.2, 0) is 6.42 Å². The van der Waals surface area contributed by atoms with Gasteiger partial charge in [-0.3, -0.25) is 0 Å². The summed E-state index contributed by atoms with van der Waals surface area (Å²) < 4.78 is 4.79. The third-order valence-electron chi connectivity index (χ3n) is 2.00. The molecule has 0 aromatic carbocycles. The molecule has 1 aromatic heterocycles. The average molecular weight is 166 g/mol. The van der Waals surface area contributed by atoms with Crippen LogP contribution in [0.3, 0.4) is 0 Å². The number of aryl methyl sites for hydroxylation is 1. The molecule has 0 N–H and O–H groups in total. The molecule has 0 bridgehead atoms. The van der Waals surface area contributed by atoms with Crippen molar-refractivity contribution in [2.24, 2.45) is 0 Å². The Kier molecular flexibility index (Phi) is 3.85. The van der Waals surface area contributed by atoms with Crippen molar-refractivity contribution < 1.29 is 4.52 Å². The molecule has 1 aromatic rings. The predicted octanol–water partition coefficient (Wildman–Crippen LogP) is 2.98. The molecule has 67 valence electrons. The van der Waals surface area contributed by atoms with Gasteiger partial charge in [0.1, 0.15) is 6.26 Å². The van der Waals surface area contributed by atoms with Gasteiger partial charge in [0.25, 0.3) is 0 Å². The first-order valence-corrected chi connectivity index (χ1v) is 4.59. The maximum absolute atomic E-state index is 4.79. The van der Waals surface area contributed by atoms with Crippen molar-refractivity contribution in [3.05, 3.63) is 24.4 Å². The van der Waals surface area contributed by atoms with Crippen LogP contribution in [0.5, 0.6) is 0 Å². The summed E-state index contributed by atoms with van der Waals surface area (Å²) in [6.07, 6.45) is 7.68. The highest BCUT2D eigenvalue weighted by Crippen LogP contribution is 2.09. The van der Waals surface area contributed by atoms with E-state index >= 15 is 0 Å². The summed E-state index contributed by atoms with van der Waals surface area (Å²) in [5, 5.41) is 3.88. The minimum atomic E-state index is 0.937. The molecule has 1 radical (unpaired) electrons. The second-order valence-electron chi connectivity index (χ2n) is 3.10. The largest absolute Gasteiger partial charge is 0.364 e. The predicted molar refractivity (Wildman–Crippen MR) is 48.8 cm³/mol. The summed E-state index contributed by atoms with van der Waals surface area (Å²) in [6, 6.07) is 0. The molecule has 0 aliphatic rings. The molecular weight excluding hydrogens is 150 g/mol. The van der Waals surface area contributed by atoms with Crippen LogP contribution >= 0.6 is 0 Å². The highest BCUT2D eigenvalue weighted by atomic mass is 16.5. The number of hydrogen-bond donors (Lipinski definition) is 0. The molecular formula is C10H16NO. The Hall–Kier alpha value is -0.790. The average Bonchev–Trinajstić information content (AvgIpc) is 2.46. The van der Waals surface area contributed by atoms with Crippen molar-refractivity contribution in [3.8, 4) is 0 Å². The maximum Gasteiger partial charge on any atom is 0.127 e. The second-order valence-corrected chi connectivity index (χ2v) is 3.10. The Bertz CT molecular complexity index is 217. The number of rotatable bonds is 5. The van der Waals surface area contributed by atoms with Gasteiger partial charge < -0.3 is 4.52 Å². The Morgan fingerprint density at radius 2 is 2.25 bits per heavy atom. The minimum Gasteiger partial charge on any atom is -0.364 e. The lowest BCUT2D eigenvalue weighted by Crippen LogP contribution is -1.88. The zero-order valence-electron chi connectivity index (χ0n) is 7.68. The van der Waals surface area contributed by atoms with E-state index in [2.05, 4.69) is 19.0 Å². The lowest BCUT2D eigenvalue weighted by Gasteiger charge is -1.96. The topological polar surface area (TPSA) is 26.0 Å². The summed E-state index contributed by atoms with van der Waals surface area (Å²) in [5.74, 6) is 0. The number of nitrogens with zero attached hydrogens (tertiary/aromatic N) is 1. The van der Waals surface area contributed by atoms with E-state index in [9.17, 15) is 0 Å². The molecule has 0 amide bonds. The number of aromatic nitrogens is 1. The third-order valence-corrected chi connectivity index (χ3v) is 2.00. The van der Waals surface area contributed by atoms with Crippen molar-refractivity contribution in [1.82, 2.24) is 5.16 Å². The molecule has 0 fully saturated rings. The standard InChI is InChI=1S/C10H16NO/c1-3-4-5-6-7-10-9(2)8-12-11-10/h8H,2-7H2,1H3. The van der Waals surface area contributed by atoms with Gasteiger partial charge in [0.15, 0.2) is 0 Å². The van der Waals surface area contributed by atoms with Gasteiger partial charge in [0.2, 0.25) is 0 Å². The third kappa shape index (κ3) is 2.68. The van der Waals surface area contributed by atoms with Crippen LogP contribution in [0.2, 0.25) is 0 Å². The summed E-state index contributed by atoms with van der Waals surface area (Å²) in [7, 11) is 0. The molecule has 1 rings (SSSR count). The Morgan fingerprint density at radius 1 is 1.42 bits per heavy atom. The summed E-state index contributed by atoms with van der Waals surface area (Å²) in [4.78, 5) is 0. The SMILES string of the molecule is [CH2]c1conc1CCCCCC. The molecule has 0 aliphatic heterocycles. The molecule has 0 saturated heterocycles. The van der Waals surface area contributed by atoms with Crippen LogP contribution in [0.4, 0.5) is 0 Å². The molecule has 1 heterocycles. The van der Waals surface area contributed by atoms with Crippen LogP contribution in [0, 0.1) is 6.92 Å². The van der Waals surface area contributed by atoms with Crippen LogP contribution in [0.25, 0.3) is 0 Å². The van der Waals surface area contributed by atoms with Crippen LogP contribution in [0.1, 0.15) is 43.9 Å². The molecule has 0 spiro atoms. The van der Waals surface area contributed by atoms with Crippen molar-refractivity contribution in [2.75, 3.05) is 0 Å². The van der Waals surface area contributed by atoms with Crippen LogP contribution in [0.15, 0.2) is 10.8 Å². The number of unbranched alkanes of at least 4 members (excludes halogenated alkanes) is 3. The fourth-order valence-electron chi connectivity index (χ4n) is 1.21. The van der Waals surface area contributed by atoms with Crippen molar-refractivity contribution in [2.45, 2.75) is 39.0 Å². The van der Waals surface area contributed by atoms with E-state index in [-0.39, 0.29) is 0 Å².